The van der Waals surface area contributed by atoms with Crippen LogP contribution < -0.4 is 0 Å². The monoisotopic (exact) mass is 468 g/mol. The predicted molar refractivity (Wildman–Crippen MR) is 122 cm³/mol. The number of para-hydroxylation sites is 1. The quantitative estimate of drug-likeness (QED) is 0.488. The molecule has 1 aliphatic rings. The average molecular weight is 469 g/mol. The molecule has 4 rings (SSSR count). The number of nitrogens with zero attached hydrogens (tertiary/aromatic N) is 4. The Morgan fingerprint density at radius 3 is 2.36 bits per heavy atom. The van der Waals surface area contributed by atoms with Gasteiger partial charge < -0.3 is 9.64 Å². The summed E-state index contributed by atoms with van der Waals surface area (Å²) in [4.78, 5) is 31.1. The van der Waals surface area contributed by atoms with Crippen molar-refractivity contribution in [2.45, 2.75) is 19.4 Å². The van der Waals surface area contributed by atoms with E-state index in [1.54, 1.807) is 11.6 Å². The van der Waals surface area contributed by atoms with E-state index in [-0.39, 0.29) is 17.3 Å². The third-order valence-electron chi connectivity index (χ3n) is 5.46. The van der Waals surface area contributed by atoms with Crippen molar-refractivity contribution in [3.63, 3.8) is 0 Å². The minimum atomic E-state index is -3.14. The van der Waals surface area contributed by atoms with Crippen molar-refractivity contribution in [3.8, 4) is 17.1 Å². The van der Waals surface area contributed by atoms with Crippen LogP contribution >= 0.6 is 0 Å². The van der Waals surface area contributed by atoms with E-state index in [0.717, 1.165) is 11.3 Å². The highest BCUT2D eigenvalue weighted by Gasteiger charge is 2.34. The van der Waals surface area contributed by atoms with Gasteiger partial charge in [0.05, 0.1) is 17.2 Å². The molecule has 1 atom stereocenters. The highest BCUT2D eigenvalue weighted by Crippen LogP contribution is 2.21. The number of likely N-dealkylation sites (N-methyl/N-ethyl adjacent to an activating group) is 1. The van der Waals surface area contributed by atoms with Gasteiger partial charge in [0.15, 0.2) is 22.3 Å². The first-order valence-electron chi connectivity index (χ1n) is 10.6. The standard InChI is InChI=1S/C23H24N4O5S/c1-2-26(19-13-14-33(30,31)16-19)20(28)15-32-23(29)21-24-22(17-9-5-3-6-10-17)27(25-21)18-11-7-4-8-12-18/h3-12,19H,2,13-16H2,1H3/t19-/m1/s1. The van der Waals surface area contributed by atoms with Crippen molar-refractivity contribution in [2.75, 3.05) is 24.7 Å². The van der Waals surface area contributed by atoms with Crippen LogP contribution in [-0.2, 0) is 19.4 Å². The molecule has 0 aliphatic carbocycles. The largest absolute Gasteiger partial charge is 0.450 e. The molecule has 1 aliphatic heterocycles. The van der Waals surface area contributed by atoms with E-state index in [2.05, 4.69) is 10.1 Å². The number of aromatic nitrogens is 3. The lowest BCUT2D eigenvalue weighted by Gasteiger charge is -2.26. The Labute approximate surface area is 191 Å². The molecule has 0 radical (unpaired) electrons. The second-order valence-electron chi connectivity index (χ2n) is 7.69. The Bertz CT molecular complexity index is 1190. The van der Waals surface area contributed by atoms with Crippen molar-refractivity contribution >= 4 is 21.7 Å². The molecule has 1 fully saturated rings. The summed E-state index contributed by atoms with van der Waals surface area (Å²) in [6, 6.07) is 18.2. The number of hydrogen-bond acceptors (Lipinski definition) is 7. The lowest BCUT2D eigenvalue weighted by Crippen LogP contribution is -2.43. The number of hydrogen-bond donors (Lipinski definition) is 0. The van der Waals surface area contributed by atoms with Crippen LogP contribution in [0.2, 0.25) is 0 Å². The van der Waals surface area contributed by atoms with Gasteiger partial charge in [0.1, 0.15) is 0 Å². The van der Waals surface area contributed by atoms with Gasteiger partial charge in [-0.05, 0) is 25.5 Å². The smallest absolute Gasteiger partial charge is 0.378 e. The fourth-order valence-electron chi connectivity index (χ4n) is 3.86. The molecule has 1 amide bonds. The van der Waals surface area contributed by atoms with Crippen molar-refractivity contribution in [3.05, 3.63) is 66.5 Å². The summed E-state index contributed by atoms with van der Waals surface area (Å²) in [7, 11) is -3.14. The first kappa shape index (κ1) is 22.7. The summed E-state index contributed by atoms with van der Waals surface area (Å²) in [6.07, 6.45) is 0.388. The molecule has 0 saturated carbocycles. The van der Waals surface area contributed by atoms with E-state index in [4.69, 9.17) is 4.74 Å². The number of carbonyl (C=O) groups is 2. The Morgan fingerprint density at radius 2 is 1.76 bits per heavy atom. The van der Waals surface area contributed by atoms with Gasteiger partial charge >= 0.3 is 5.97 Å². The summed E-state index contributed by atoms with van der Waals surface area (Å²) in [5.74, 6) is -0.985. The second kappa shape index (κ2) is 9.53. The molecule has 0 N–H and O–H groups in total. The van der Waals surface area contributed by atoms with Gasteiger partial charge in [0.25, 0.3) is 11.7 Å². The zero-order valence-electron chi connectivity index (χ0n) is 18.1. The third kappa shape index (κ3) is 5.11. The SMILES string of the molecule is CCN(C(=O)COC(=O)c1nc(-c2ccccc2)n(-c2ccccc2)n1)[C@@H]1CCS(=O)(=O)C1. The molecule has 33 heavy (non-hydrogen) atoms. The van der Waals surface area contributed by atoms with Crippen molar-refractivity contribution in [2.24, 2.45) is 0 Å². The van der Waals surface area contributed by atoms with Crippen molar-refractivity contribution < 1.29 is 22.7 Å². The number of carbonyl (C=O) groups excluding carboxylic acids is 2. The van der Waals surface area contributed by atoms with Crippen molar-refractivity contribution in [1.82, 2.24) is 19.7 Å². The number of ether oxygens (including phenoxy) is 1. The van der Waals surface area contributed by atoms with Crippen LogP contribution in [0.3, 0.4) is 0 Å². The van der Waals surface area contributed by atoms with Crippen LogP contribution in [0.15, 0.2) is 60.7 Å². The molecular weight excluding hydrogens is 444 g/mol. The van der Waals surface area contributed by atoms with E-state index < -0.39 is 34.4 Å². The first-order chi connectivity index (χ1) is 15.9. The highest BCUT2D eigenvalue weighted by molar-refractivity contribution is 7.91. The molecule has 2 aromatic carbocycles. The Morgan fingerprint density at radius 1 is 1.09 bits per heavy atom. The van der Waals surface area contributed by atoms with Gasteiger partial charge in [-0.1, -0.05) is 48.5 Å². The van der Waals surface area contributed by atoms with Crippen LogP contribution in [0.1, 0.15) is 24.0 Å². The molecule has 3 aromatic rings. The molecule has 172 valence electrons. The number of amides is 1. The summed E-state index contributed by atoms with van der Waals surface area (Å²) in [6.45, 7) is 1.58. The van der Waals surface area contributed by atoms with Gasteiger partial charge in [-0.2, -0.15) is 0 Å². The zero-order chi connectivity index (χ0) is 23.4. The molecule has 1 aromatic heterocycles. The van der Waals surface area contributed by atoms with Gasteiger partial charge in [0.2, 0.25) is 0 Å². The fraction of sp³-hybridized carbons (Fsp3) is 0.304. The molecule has 0 bridgehead atoms. The van der Waals surface area contributed by atoms with Gasteiger partial charge in [-0.25, -0.2) is 22.9 Å². The van der Waals surface area contributed by atoms with Crippen LogP contribution in [-0.4, -0.2) is 70.7 Å². The molecule has 1 saturated heterocycles. The Balaban J connectivity index is 1.51. The van der Waals surface area contributed by atoms with Gasteiger partial charge in [-0.15, -0.1) is 5.10 Å². The van der Waals surface area contributed by atoms with E-state index >= 15 is 0 Å². The lowest BCUT2D eigenvalue weighted by atomic mass is 10.2. The maximum absolute atomic E-state index is 12.7. The van der Waals surface area contributed by atoms with Gasteiger partial charge in [-0.3, -0.25) is 4.79 Å². The maximum atomic E-state index is 12.7. The topological polar surface area (TPSA) is 111 Å². The van der Waals surface area contributed by atoms with Crippen LogP contribution in [0.25, 0.3) is 17.1 Å². The number of benzene rings is 2. The van der Waals surface area contributed by atoms with E-state index in [0.29, 0.717) is 18.8 Å². The van der Waals surface area contributed by atoms with Gasteiger partial charge in [0, 0.05) is 18.2 Å². The third-order valence-corrected chi connectivity index (χ3v) is 7.21. The molecular formula is C23H24N4O5S. The molecule has 9 nitrogen and oxygen atoms in total. The lowest BCUT2D eigenvalue weighted by molar-refractivity contribution is -0.136. The normalized spacial score (nSPS) is 16.9. The first-order valence-corrected chi connectivity index (χ1v) is 12.4. The Hall–Kier alpha value is -3.53. The summed E-state index contributed by atoms with van der Waals surface area (Å²) < 4.78 is 30.3. The molecule has 0 spiro atoms. The van der Waals surface area contributed by atoms with Crippen molar-refractivity contribution in [1.29, 1.82) is 0 Å². The molecule has 0 unspecified atom stereocenters. The second-order valence-corrected chi connectivity index (χ2v) is 9.91. The minimum Gasteiger partial charge on any atom is -0.450 e. The minimum absolute atomic E-state index is 0.0599. The van der Waals surface area contributed by atoms with E-state index in [1.807, 2.05) is 60.7 Å². The maximum Gasteiger partial charge on any atom is 0.378 e. The van der Waals surface area contributed by atoms with Crippen LogP contribution in [0.4, 0.5) is 0 Å². The number of esters is 1. The fourth-order valence-corrected chi connectivity index (χ4v) is 5.59. The van der Waals surface area contributed by atoms with E-state index in [1.165, 1.54) is 4.90 Å². The molecule has 2 heterocycles. The Kier molecular flexibility index (Phi) is 6.55. The summed E-state index contributed by atoms with van der Waals surface area (Å²) in [5, 5.41) is 4.32. The van der Waals surface area contributed by atoms with Crippen LogP contribution in [0, 0.1) is 0 Å². The van der Waals surface area contributed by atoms with Crippen LogP contribution in [0.5, 0.6) is 0 Å². The molecule has 10 heteroatoms. The van der Waals surface area contributed by atoms with E-state index in [9.17, 15) is 18.0 Å². The highest BCUT2D eigenvalue weighted by atomic mass is 32.2. The predicted octanol–water partition coefficient (Wildman–Crippen LogP) is 2.13. The summed E-state index contributed by atoms with van der Waals surface area (Å²) >= 11 is 0. The average Bonchev–Trinajstić information content (AvgIpc) is 3.43. The zero-order valence-corrected chi connectivity index (χ0v) is 18.9. The summed E-state index contributed by atoms with van der Waals surface area (Å²) in [5.41, 5.74) is 1.49. The number of rotatable bonds is 7. The number of sulfone groups is 1.